The van der Waals surface area contributed by atoms with Gasteiger partial charge in [-0.15, -0.1) is 0 Å². The van der Waals surface area contributed by atoms with Gasteiger partial charge in [-0.2, -0.15) is 0 Å². The normalized spacial score (nSPS) is 18.4. The highest BCUT2D eigenvalue weighted by atomic mass is 16.4. The number of nitrogens with one attached hydrogen (secondary N) is 3. The molecule has 13 nitrogen and oxygen atoms in total. The van der Waals surface area contributed by atoms with Crippen LogP contribution in [0.5, 0.6) is 0 Å². The summed E-state index contributed by atoms with van der Waals surface area (Å²) in [6.45, 7) is 3.99. The van der Waals surface area contributed by atoms with Crippen molar-refractivity contribution in [2.75, 3.05) is 6.54 Å². The molecular weight excluding hydrogens is 434 g/mol. The Hall–Kier alpha value is -3.48. The first-order chi connectivity index (χ1) is 15.5. The average Bonchev–Trinajstić information content (AvgIpc) is 3.43. The summed E-state index contributed by atoms with van der Waals surface area (Å²) in [5.41, 5.74) is 11.5. The molecule has 1 aliphatic rings. The van der Waals surface area contributed by atoms with E-state index in [1.807, 2.05) is 13.8 Å². The molecule has 13 heteroatoms. The van der Waals surface area contributed by atoms with Crippen molar-refractivity contribution in [3.8, 4) is 0 Å². The van der Waals surface area contributed by atoms with Crippen LogP contribution in [0.2, 0.25) is 0 Å². The first-order valence-electron chi connectivity index (χ1n) is 10.7. The topological polar surface area (TPSA) is 214 Å². The van der Waals surface area contributed by atoms with Crippen LogP contribution in [-0.4, -0.2) is 80.3 Å². The molecule has 33 heavy (non-hydrogen) atoms. The van der Waals surface area contributed by atoms with Crippen molar-refractivity contribution < 1.29 is 29.1 Å². The second kappa shape index (κ2) is 11.4. The second-order valence-corrected chi connectivity index (χ2v) is 8.37. The van der Waals surface area contributed by atoms with Gasteiger partial charge in [0.25, 0.3) is 0 Å². The second-order valence-electron chi connectivity index (χ2n) is 8.37. The van der Waals surface area contributed by atoms with E-state index in [0.717, 1.165) is 0 Å². The lowest BCUT2D eigenvalue weighted by atomic mass is 10.0. The molecular formula is C20H31N7O6. The van der Waals surface area contributed by atoms with Crippen molar-refractivity contribution in [3.05, 3.63) is 18.2 Å². The Morgan fingerprint density at radius 2 is 1.94 bits per heavy atom. The van der Waals surface area contributed by atoms with E-state index in [2.05, 4.69) is 20.6 Å². The third kappa shape index (κ3) is 7.00. The number of hydrogen-bond donors (Lipinski definition) is 6. The molecule has 1 aromatic rings. The van der Waals surface area contributed by atoms with Gasteiger partial charge in [-0.1, -0.05) is 13.8 Å². The molecule has 0 aliphatic carbocycles. The van der Waals surface area contributed by atoms with E-state index in [9.17, 15) is 29.1 Å². The van der Waals surface area contributed by atoms with Gasteiger partial charge in [-0.25, -0.2) is 9.78 Å². The van der Waals surface area contributed by atoms with Gasteiger partial charge >= 0.3 is 5.97 Å². The molecule has 1 saturated heterocycles. The summed E-state index contributed by atoms with van der Waals surface area (Å²) in [6, 6.07) is -4.30. The lowest BCUT2D eigenvalue weighted by molar-refractivity contribution is -0.144. The highest BCUT2D eigenvalue weighted by Gasteiger charge is 2.38. The van der Waals surface area contributed by atoms with Crippen LogP contribution in [0.25, 0.3) is 0 Å². The Balaban J connectivity index is 2.17. The van der Waals surface area contributed by atoms with Crippen LogP contribution in [0.3, 0.4) is 0 Å². The molecule has 0 spiro atoms. The van der Waals surface area contributed by atoms with E-state index in [1.54, 1.807) is 0 Å². The van der Waals surface area contributed by atoms with Gasteiger partial charge < -0.3 is 37.1 Å². The first-order valence-corrected chi connectivity index (χ1v) is 10.7. The van der Waals surface area contributed by atoms with Crippen molar-refractivity contribution in [2.45, 2.75) is 63.7 Å². The number of aliphatic carboxylic acids is 1. The predicted octanol–water partition coefficient (Wildman–Crippen LogP) is -2.14. The molecule has 2 heterocycles. The predicted molar refractivity (Wildman–Crippen MR) is 115 cm³/mol. The number of aromatic amines is 1. The number of H-pyrrole nitrogens is 1. The summed E-state index contributed by atoms with van der Waals surface area (Å²) in [6.07, 6.45) is 3.23. The number of aromatic nitrogens is 2. The number of carboxylic acid groups (broad SMARTS) is 1. The summed E-state index contributed by atoms with van der Waals surface area (Å²) in [5.74, 6) is -4.18. The number of amides is 4. The van der Waals surface area contributed by atoms with Crippen molar-refractivity contribution >= 4 is 29.6 Å². The van der Waals surface area contributed by atoms with Crippen LogP contribution >= 0.6 is 0 Å². The SMILES string of the molecule is CC(C)C(N)C(=O)N1CCCC1C(=O)NC(Cc1cnc[nH]1)C(=O)NC(CC(N)=O)C(=O)O. The third-order valence-corrected chi connectivity index (χ3v) is 5.47. The summed E-state index contributed by atoms with van der Waals surface area (Å²) in [5, 5.41) is 14.1. The summed E-state index contributed by atoms with van der Waals surface area (Å²) in [7, 11) is 0. The van der Waals surface area contributed by atoms with E-state index < -0.39 is 54.3 Å². The number of imidazole rings is 1. The van der Waals surface area contributed by atoms with Crippen LogP contribution in [0.15, 0.2) is 12.5 Å². The van der Waals surface area contributed by atoms with Gasteiger partial charge in [0.15, 0.2) is 0 Å². The summed E-state index contributed by atoms with van der Waals surface area (Å²) in [4.78, 5) is 69.3. The molecule has 0 bridgehead atoms. The smallest absolute Gasteiger partial charge is 0.326 e. The van der Waals surface area contributed by atoms with Gasteiger partial charge in [0.1, 0.15) is 18.1 Å². The highest BCUT2D eigenvalue weighted by Crippen LogP contribution is 2.20. The van der Waals surface area contributed by atoms with E-state index in [-0.39, 0.29) is 18.2 Å². The number of nitrogens with zero attached hydrogens (tertiary/aromatic N) is 2. The van der Waals surface area contributed by atoms with Crippen molar-refractivity contribution in [1.29, 1.82) is 0 Å². The van der Waals surface area contributed by atoms with Crippen molar-refractivity contribution in [3.63, 3.8) is 0 Å². The highest BCUT2D eigenvalue weighted by molar-refractivity contribution is 5.95. The lowest BCUT2D eigenvalue weighted by Crippen LogP contribution is -2.57. The number of carbonyl (C=O) groups excluding carboxylic acids is 4. The van der Waals surface area contributed by atoms with E-state index in [4.69, 9.17) is 11.5 Å². The molecule has 4 amide bonds. The maximum Gasteiger partial charge on any atom is 0.326 e. The van der Waals surface area contributed by atoms with E-state index >= 15 is 0 Å². The zero-order valence-corrected chi connectivity index (χ0v) is 18.6. The molecule has 182 valence electrons. The average molecular weight is 466 g/mol. The zero-order valence-electron chi connectivity index (χ0n) is 18.6. The number of carboxylic acids is 1. The van der Waals surface area contributed by atoms with Gasteiger partial charge in [0.05, 0.1) is 18.8 Å². The minimum Gasteiger partial charge on any atom is -0.480 e. The molecule has 8 N–H and O–H groups in total. The molecule has 1 aliphatic heterocycles. The van der Waals surface area contributed by atoms with Gasteiger partial charge in [-0.3, -0.25) is 19.2 Å². The van der Waals surface area contributed by atoms with Crippen molar-refractivity contribution in [2.24, 2.45) is 17.4 Å². The van der Waals surface area contributed by atoms with Crippen LogP contribution < -0.4 is 22.1 Å². The maximum absolute atomic E-state index is 13.1. The Labute approximate surface area is 190 Å². The minimum absolute atomic E-state index is 0.0212. The molecule has 1 fully saturated rings. The Kier molecular flexibility index (Phi) is 8.91. The fourth-order valence-corrected chi connectivity index (χ4v) is 3.55. The largest absolute Gasteiger partial charge is 0.480 e. The number of carbonyl (C=O) groups is 5. The number of primary amides is 1. The molecule has 0 saturated carbocycles. The third-order valence-electron chi connectivity index (χ3n) is 5.47. The van der Waals surface area contributed by atoms with Gasteiger partial charge in [0.2, 0.25) is 23.6 Å². The Bertz CT molecular complexity index is 872. The number of hydrogen-bond acceptors (Lipinski definition) is 7. The van der Waals surface area contributed by atoms with Gasteiger partial charge in [-0.05, 0) is 18.8 Å². The quantitative estimate of drug-likeness (QED) is 0.211. The maximum atomic E-state index is 13.1. The number of likely N-dealkylation sites (tertiary alicyclic amines) is 1. The lowest BCUT2D eigenvalue weighted by Gasteiger charge is -2.29. The monoisotopic (exact) mass is 465 g/mol. The molecule has 2 rings (SSSR count). The fraction of sp³-hybridized carbons (Fsp3) is 0.600. The standard InChI is InChI=1S/C20H31N7O6/c1-10(2)16(22)19(31)27-5-3-4-14(27)18(30)25-12(6-11-8-23-9-24-11)17(29)26-13(20(32)33)7-15(21)28/h8-10,12-14,16H,3-7,22H2,1-2H3,(H2,21,28)(H,23,24)(H,25,30)(H,26,29)(H,32,33). The molecule has 4 atom stereocenters. The molecule has 0 radical (unpaired) electrons. The van der Waals surface area contributed by atoms with E-state index in [0.29, 0.717) is 25.1 Å². The zero-order chi connectivity index (χ0) is 24.7. The Morgan fingerprint density at radius 3 is 2.48 bits per heavy atom. The summed E-state index contributed by atoms with van der Waals surface area (Å²) < 4.78 is 0. The summed E-state index contributed by atoms with van der Waals surface area (Å²) >= 11 is 0. The van der Waals surface area contributed by atoms with Crippen molar-refractivity contribution in [1.82, 2.24) is 25.5 Å². The molecule has 1 aromatic heterocycles. The molecule has 0 aromatic carbocycles. The van der Waals surface area contributed by atoms with Crippen LogP contribution in [-0.2, 0) is 30.4 Å². The number of nitrogens with two attached hydrogens (primary N) is 2. The van der Waals surface area contributed by atoms with Gasteiger partial charge in [0, 0.05) is 24.9 Å². The minimum atomic E-state index is -1.55. The fourth-order valence-electron chi connectivity index (χ4n) is 3.55. The van der Waals surface area contributed by atoms with E-state index in [1.165, 1.54) is 17.4 Å². The van der Waals surface area contributed by atoms with Crippen LogP contribution in [0.4, 0.5) is 0 Å². The van der Waals surface area contributed by atoms with Crippen LogP contribution in [0, 0.1) is 5.92 Å². The molecule has 4 unspecified atom stereocenters. The Morgan fingerprint density at radius 1 is 1.24 bits per heavy atom. The number of rotatable bonds is 11. The first kappa shape index (κ1) is 25.8. The van der Waals surface area contributed by atoms with Crippen LogP contribution in [0.1, 0.15) is 38.8 Å².